The van der Waals surface area contributed by atoms with E-state index in [1.165, 1.54) is 14.2 Å². The molecule has 0 unspecified atom stereocenters. The number of nitrogens with one attached hydrogen (secondary N) is 2. The Hall–Kier alpha value is -2.44. The number of methoxy groups -OCH3 is 2. The minimum absolute atomic E-state index is 0.257. The Morgan fingerprint density at radius 2 is 1.74 bits per heavy atom. The third kappa shape index (κ3) is 6.46. The van der Waals surface area contributed by atoms with E-state index in [1.54, 1.807) is 18.2 Å². The van der Waals surface area contributed by atoms with Crippen molar-refractivity contribution in [1.29, 1.82) is 0 Å². The predicted molar refractivity (Wildman–Crippen MR) is 86.1 cm³/mol. The lowest BCUT2D eigenvalue weighted by atomic mass is 10.2. The average Bonchev–Trinajstić information content (AvgIpc) is 2.58. The van der Waals surface area contributed by atoms with Crippen LogP contribution in [0.1, 0.15) is 30.1 Å². The number of ether oxygens (including phenoxy) is 3. The largest absolute Gasteiger partial charge is 0.493 e. The summed E-state index contributed by atoms with van der Waals surface area (Å²) < 4.78 is 15.2. The van der Waals surface area contributed by atoms with E-state index < -0.39 is 6.09 Å². The van der Waals surface area contributed by atoms with Crippen molar-refractivity contribution in [3.05, 3.63) is 23.8 Å². The fraction of sp³-hybridized carbons (Fsp3) is 0.500. The molecule has 0 atom stereocenters. The van der Waals surface area contributed by atoms with Crippen LogP contribution in [0.5, 0.6) is 11.5 Å². The van der Waals surface area contributed by atoms with Crippen LogP contribution in [0.4, 0.5) is 4.79 Å². The molecule has 2 amide bonds. The number of hydrogen-bond donors (Lipinski definition) is 2. The molecule has 0 aliphatic carbocycles. The van der Waals surface area contributed by atoms with Crippen molar-refractivity contribution in [2.24, 2.45) is 0 Å². The zero-order valence-corrected chi connectivity index (χ0v) is 13.8. The van der Waals surface area contributed by atoms with E-state index in [4.69, 9.17) is 14.2 Å². The summed E-state index contributed by atoms with van der Waals surface area (Å²) in [6.07, 6.45) is 1.33. The molecule has 128 valence electrons. The highest BCUT2D eigenvalue weighted by molar-refractivity contribution is 5.94. The molecular formula is C16H24N2O5. The molecule has 0 fully saturated rings. The molecule has 2 N–H and O–H groups in total. The Bertz CT molecular complexity index is 519. The van der Waals surface area contributed by atoms with E-state index in [2.05, 4.69) is 10.6 Å². The number of unbranched alkanes of at least 4 members (excludes halogenated alkanes) is 1. The molecule has 7 nitrogen and oxygen atoms in total. The van der Waals surface area contributed by atoms with Crippen LogP contribution in [0.15, 0.2) is 18.2 Å². The summed E-state index contributed by atoms with van der Waals surface area (Å²) in [6.45, 7) is 3.02. The molecule has 0 saturated heterocycles. The molecule has 0 radical (unpaired) electrons. The molecular weight excluding hydrogens is 300 g/mol. The summed E-state index contributed by atoms with van der Waals surface area (Å²) in [5.41, 5.74) is 0.452. The van der Waals surface area contributed by atoms with Gasteiger partial charge in [0.25, 0.3) is 5.91 Å². The van der Waals surface area contributed by atoms with Crippen molar-refractivity contribution in [2.45, 2.75) is 19.8 Å². The first kappa shape index (κ1) is 18.6. The fourth-order valence-electron chi connectivity index (χ4n) is 1.78. The molecule has 1 aromatic rings. The van der Waals surface area contributed by atoms with Crippen LogP contribution < -0.4 is 20.1 Å². The first-order chi connectivity index (χ1) is 11.1. The molecule has 23 heavy (non-hydrogen) atoms. The third-order valence-electron chi connectivity index (χ3n) is 3.06. The van der Waals surface area contributed by atoms with Crippen LogP contribution in [0, 0.1) is 0 Å². The lowest BCUT2D eigenvalue weighted by Crippen LogP contribution is -2.35. The summed E-state index contributed by atoms with van der Waals surface area (Å²) >= 11 is 0. The first-order valence-corrected chi connectivity index (χ1v) is 7.53. The Balaban J connectivity index is 2.35. The highest BCUT2D eigenvalue weighted by atomic mass is 16.5. The van der Waals surface area contributed by atoms with Gasteiger partial charge in [0.1, 0.15) is 0 Å². The molecule has 0 aliphatic heterocycles. The minimum atomic E-state index is -0.473. The normalized spacial score (nSPS) is 9.87. The summed E-state index contributed by atoms with van der Waals surface area (Å²) in [6, 6.07) is 4.90. The molecule has 1 rings (SSSR count). The third-order valence-corrected chi connectivity index (χ3v) is 3.06. The van der Waals surface area contributed by atoms with Gasteiger partial charge in [-0.25, -0.2) is 4.79 Å². The van der Waals surface area contributed by atoms with Gasteiger partial charge >= 0.3 is 6.09 Å². The number of alkyl carbamates (subject to hydrolysis) is 1. The smallest absolute Gasteiger partial charge is 0.407 e. The maximum absolute atomic E-state index is 12.0. The van der Waals surface area contributed by atoms with E-state index in [1.807, 2.05) is 6.92 Å². The Morgan fingerprint density at radius 3 is 2.39 bits per heavy atom. The SMILES string of the molecule is CCCCOC(=O)NCCNC(=O)c1ccc(OC)c(OC)c1. The maximum atomic E-state index is 12.0. The molecule has 0 aliphatic rings. The summed E-state index contributed by atoms with van der Waals surface area (Å²) in [4.78, 5) is 23.3. The van der Waals surface area contributed by atoms with Crippen LogP contribution in [-0.2, 0) is 4.74 Å². The van der Waals surface area contributed by atoms with E-state index in [0.29, 0.717) is 36.8 Å². The minimum Gasteiger partial charge on any atom is -0.493 e. The molecule has 1 aromatic carbocycles. The Labute approximate surface area is 136 Å². The highest BCUT2D eigenvalue weighted by Gasteiger charge is 2.10. The molecule has 0 heterocycles. The number of hydrogen-bond acceptors (Lipinski definition) is 5. The second-order valence-electron chi connectivity index (χ2n) is 4.74. The van der Waals surface area contributed by atoms with Crippen LogP contribution in [0.3, 0.4) is 0 Å². The van der Waals surface area contributed by atoms with Gasteiger partial charge in [-0.3, -0.25) is 4.79 Å². The number of carbonyl (C=O) groups is 2. The molecule has 0 bridgehead atoms. The van der Waals surface area contributed by atoms with E-state index in [-0.39, 0.29) is 5.91 Å². The summed E-state index contributed by atoms with van der Waals surface area (Å²) in [5.74, 6) is 0.783. The van der Waals surface area contributed by atoms with Gasteiger partial charge in [0.05, 0.1) is 20.8 Å². The number of amides is 2. The van der Waals surface area contributed by atoms with Crippen LogP contribution in [0.2, 0.25) is 0 Å². The van der Waals surface area contributed by atoms with Crippen LogP contribution in [0.25, 0.3) is 0 Å². The summed E-state index contributed by atoms with van der Waals surface area (Å²) in [5, 5.41) is 5.27. The zero-order chi connectivity index (χ0) is 17.1. The van der Waals surface area contributed by atoms with Crippen molar-refractivity contribution in [3.8, 4) is 11.5 Å². The second kappa shape index (κ2) is 10.3. The zero-order valence-electron chi connectivity index (χ0n) is 13.8. The lowest BCUT2D eigenvalue weighted by Gasteiger charge is -2.10. The van der Waals surface area contributed by atoms with Crippen LogP contribution >= 0.6 is 0 Å². The number of carbonyl (C=O) groups excluding carboxylic acids is 2. The molecule has 0 saturated carbocycles. The van der Waals surface area contributed by atoms with Gasteiger partial charge in [-0.05, 0) is 24.6 Å². The molecule has 7 heteroatoms. The van der Waals surface area contributed by atoms with Crippen molar-refractivity contribution < 1.29 is 23.8 Å². The van der Waals surface area contributed by atoms with Crippen molar-refractivity contribution in [3.63, 3.8) is 0 Å². The molecule has 0 aromatic heterocycles. The quantitative estimate of drug-likeness (QED) is 0.678. The average molecular weight is 324 g/mol. The predicted octanol–water partition coefficient (Wildman–Crippen LogP) is 1.96. The lowest BCUT2D eigenvalue weighted by molar-refractivity contribution is 0.0951. The van der Waals surface area contributed by atoms with Gasteiger partial charge in [-0.1, -0.05) is 13.3 Å². The van der Waals surface area contributed by atoms with Gasteiger partial charge in [-0.15, -0.1) is 0 Å². The van der Waals surface area contributed by atoms with E-state index >= 15 is 0 Å². The van der Waals surface area contributed by atoms with Gasteiger partial charge in [0.15, 0.2) is 11.5 Å². The molecule has 0 spiro atoms. The monoisotopic (exact) mass is 324 g/mol. The fourth-order valence-corrected chi connectivity index (χ4v) is 1.78. The Morgan fingerprint density at radius 1 is 1.04 bits per heavy atom. The van der Waals surface area contributed by atoms with E-state index in [0.717, 1.165) is 12.8 Å². The van der Waals surface area contributed by atoms with Gasteiger partial charge in [0.2, 0.25) is 0 Å². The Kier molecular flexibility index (Phi) is 8.34. The van der Waals surface area contributed by atoms with Crippen molar-refractivity contribution in [1.82, 2.24) is 10.6 Å². The standard InChI is InChI=1S/C16H24N2O5/c1-4-5-10-23-16(20)18-9-8-17-15(19)12-6-7-13(21-2)14(11-12)22-3/h6-7,11H,4-5,8-10H2,1-3H3,(H,17,19)(H,18,20). The van der Waals surface area contributed by atoms with Crippen LogP contribution in [-0.4, -0.2) is 45.9 Å². The van der Waals surface area contributed by atoms with Crippen molar-refractivity contribution >= 4 is 12.0 Å². The van der Waals surface area contributed by atoms with Gasteiger partial charge in [0, 0.05) is 18.7 Å². The van der Waals surface area contributed by atoms with Gasteiger partial charge in [-0.2, -0.15) is 0 Å². The highest BCUT2D eigenvalue weighted by Crippen LogP contribution is 2.27. The first-order valence-electron chi connectivity index (χ1n) is 7.53. The number of benzene rings is 1. The van der Waals surface area contributed by atoms with E-state index in [9.17, 15) is 9.59 Å². The van der Waals surface area contributed by atoms with Gasteiger partial charge < -0.3 is 24.8 Å². The topological polar surface area (TPSA) is 85.9 Å². The van der Waals surface area contributed by atoms with Crippen molar-refractivity contribution in [2.75, 3.05) is 33.9 Å². The number of rotatable bonds is 9. The second-order valence-corrected chi connectivity index (χ2v) is 4.74. The maximum Gasteiger partial charge on any atom is 0.407 e. The summed E-state index contributed by atoms with van der Waals surface area (Å²) in [7, 11) is 3.04.